The molecule has 1 aromatic rings. The molecule has 0 aliphatic carbocycles. The molecule has 0 bridgehead atoms. The van der Waals surface area contributed by atoms with Crippen LogP contribution < -0.4 is 10.1 Å². The normalized spacial score (nSPS) is 14.5. The second-order valence-electron chi connectivity index (χ2n) is 4.02. The monoisotopic (exact) mass is 335 g/mol. The van der Waals surface area contributed by atoms with Crippen LogP contribution in [0.4, 0.5) is 0 Å². The van der Waals surface area contributed by atoms with Crippen molar-refractivity contribution in [3.63, 3.8) is 0 Å². The average molecular weight is 335 g/mol. The minimum atomic E-state index is -0.834. The zero-order valence-electron chi connectivity index (χ0n) is 9.66. The smallest absolute Gasteiger partial charge is 0.119 e. The van der Waals surface area contributed by atoms with Crippen LogP contribution in [0.2, 0.25) is 0 Å². The lowest BCUT2D eigenvalue weighted by atomic mass is 10.1. The molecular formula is C12H18INO2. The van der Waals surface area contributed by atoms with Crippen LogP contribution in [0.1, 0.15) is 13.8 Å². The number of rotatable bonds is 6. The van der Waals surface area contributed by atoms with Crippen LogP contribution in [0.5, 0.6) is 5.75 Å². The molecular weight excluding hydrogens is 317 g/mol. The van der Waals surface area contributed by atoms with E-state index < -0.39 is 5.60 Å². The Hall–Kier alpha value is -0.330. The molecule has 0 heterocycles. The summed E-state index contributed by atoms with van der Waals surface area (Å²) in [6.45, 7) is 5.45. The Kier molecular flexibility index (Phi) is 5.51. The van der Waals surface area contributed by atoms with Crippen molar-refractivity contribution >= 4 is 22.6 Å². The number of halogens is 1. The fourth-order valence-corrected chi connectivity index (χ4v) is 1.57. The maximum absolute atomic E-state index is 9.97. The number of aliphatic hydroxyl groups is 1. The van der Waals surface area contributed by atoms with Gasteiger partial charge in [0.1, 0.15) is 18.0 Å². The number of nitrogens with one attached hydrogen (secondary N) is 1. The highest BCUT2D eigenvalue weighted by molar-refractivity contribution is 14.1. The van der Waals surface area contributed by atoms with Crippen LogP contribution >= 0.6 is 22.6 Å². The van der Waals surface area contributed by atoms with Gasteiger partial charge in [-0.2, -0.15) is 0 Å². The molecule has 0 saturated carbocycles. The van der Waals surface area contributed by atoms with E-state index in [1.54, 1.807) is 6.92 Å². The van der Waals surface area contributed by atoms with Gasteiger partial charge < -0.3 is 15.2 Å². The lowest BCUT2D eigenvalue weighted by molar-refractivity contribution is 0.0127. The Balaban J connectivity index is 2.41. The summed E-state index contributed by atoms with van der Waals surface area (Å²) in [6, 6.07) is 7.78. The van der Waals surface area contributed by atoms with Crippen LogP contribution in [0, 0.1) is 3.57 Å². The summed E-state index contributed by atoms with van der Waals surface area (Å²) < 4.78 is 6.70. The van der Waals surface area contributed by atoms with Crippen LogP contribution in [-0.2, 0) is 0 Å². The van der Waals surface area contributed by atoms with Gasteiger partial charge in [0.15, 0.2) is 0 Å². The molecule has 0 aliphatic heterocycles. The van der Waals surface area contributed by atoms with Crippen molar-refractivity contribution in [1.29, 1.82) is 0 Å². The number of likely N-dealkylation sites (N-methyl/N-ethyl adjacent to an activating group) is 1. The van der Waals surface area contributed by atoms with E-state index in [0.717, 1.165) is 12.3 Å². The van der Waals surface area contributed by atoms with E-state index in [4.69, 9.17) is 4.74 Å². The van der Waals surface area contributed by atoms with Crippen molar-refractivity contribution in [3.8, 4) is 5.75 Å². The summed E-state index contributed by atoms with van der Waals surface area (Å²) in [7, 11) is 0. The van der Waals surface area contributed by atoms with Crippen molar-refractivity contribution in [2.24, 2.45) is 0 Å². The van der Waals surface area contributed by atoms with Crippen LogP contribution in [-0.4, -0.2) is 30.4 Å². The number of ether oxygens (including phenoxy) is 1. The van der Waals surface area contributed by atoms with Crippen molar-refractivity contribution in [2.75, 3.05) is 19.7 Å². The predicted molar refractivity (Wildman–Crippen MR) is 73.8 cm³/mol. The quantitative estimate of drug-likeness (QED) is 0.782. The van der Waals surface area contributed by atoms with Gasteiger partial charge in [0.05, 0.1) is 0 Å². The van der Waals surface area contributed by atoms with Crippen LogP contribution in [0.15, 0.2) is 24.3 Å². The number of benzene rings is 1. The summed E-state index contributed by atoms with van der Waals surface area (Å²) in [5.74, 6) is 0.789. The van der Waals surface area contributed by atoms with Gasteiger partial charge in [-0.15, -0.1) is 0 Å². The first-order chi connectivity index (χ1) is 7.53. The lowest BCUT2D eigenvalue weighted by Crippen LogP contribution is -2.42. The summed E-state index contributed by atoms with van der Waals surface area (Å²) in [4.78, 5) is 0. The van der Waals surface area contributed by atoms with Gasteiger partial charge in [-0.1, -0.05) is 6.92 Å². The summed E-state index contributed by atoms with van der Waals surface area (Å²) in [6.07, 6.45) is 0. The SMILES string of the molecule is CCNCC(C)(O)COc1ccc(I)cc1. The summed E-state index contributed by atoms with van der Waals surface area (Å²) >= 11 is 2.24. The first-order valence-corrected chi connectivity index (χ1v) is 6.43. The van der Waals surface area contributed by atoms with Crippen molar-refractivity contribution in [2.45, 2.75) is 19.4 Å². The highest BCUT2D eigenvalue weighted by Gasteiger charge is 2.20. The Labute approximate surface area is 110 Å². The second kappa shape index (κ2) is 6.42. The van der Waals surface area contributed by atoms with Crippen molar-refractivity contribution in [1.82, 2.24) is 5.32 Å². The third-order valence-corrected chi connectivity index (χ3v) is 2.84. The van der Waals surface area contributed by atoms with E-state index in [9.17, 15) is 5.11 Å². The Morgan fingerprint density at radius 3 is 2.56 bits per heavy atom. The third kappa shape index (κ3) is 5.14. The van der Waals surface area contributed by atoms with E-state index in [-0.39, 0.29) is 0 Å². The second-order valence-corrected chi connectivity index (χ2v) is 5.27. The fourth-order valence-electron chi connectivity index (χ4n) is 1.21. The standard InChI is InChI=1S/C12H18INO2/c1-3-14-8-12(2,15)9-16-11-6-4-10(13)5-7-11/h4-7,14-15H,3,8-9H2,1-2H3. The Morgan fingerprint density at radius 1 is 1.38 bits per heavy atom. The first-order valence-electron chi connectivity index (χ1n) is 5.35. The Bertz CT molecular complexity index is 311. The molecule has 2 N–H and O–H groups in total. The first kappa shape index (κ1) is 13.7. The van der Waals surface area contributed by atoms with E-state index >= 15 is 0 Å². The minimum Gasteiger partial charge on any atom is -0.491 e. The maximum atomic E-state index is 9.97. The maximum Gasteiger partial charge on any atom is 0.119 e. The zero-order chi connectivity index (χ0) is 12.0. The van der Waals surface area contributed by atoms with Gasteiger partial charge in [0, 0.05) is 10.1 Å². The Morgan fingerprint density at radius 2 is 2.00 bits per heavy atom. The van der Waals surface area contributed by atoms with Gasteiger partial charge in [-0.25, -0.2) is 0 Å². The predicted octanol–water partition coefficient (Wildman–Crippen LogP) is 2.03. The molecule has 0 fully saturated rings. The summed E-state index contributed by atoms with van der Waals surface area (Å²) in [5, 5.41) is 13.1. The minimum absolute atomic E-state index is 0.292. The fraction of sp³-hybridized carbons (Fsp3) is 0.500. The lowest BCUT2D eigenvalue weighted by Gasteiger charge is -2.23. The molecule has 1 rings (SSSR count). The molecule has 3 nitrogen and oxygen atoms in total. The van der Waals surface area contributed by atoms with Crippen LogP contribution in [0.3, 0.4) is 0 Å². The van der Waals surface area contributed by atoms with Gasteiger partial charge >= 0.3 is 0 Å². The molecule has 90 valence electrons. The molecule has 0 spiro atoms. The van der Waals surface area contributed by atoms with Gasteiger partial charge in [-0.3, -0.25) is 0 Å². The third-order valence-electron chi connectivity index (χ3n) is 2.12. The molecule has 0 amide bonds. The summed E-state index contributed by atoms with van der Waals surface area (Å²) in [5.41, 5.74) is -0.834. The van der Waals surface area contributed by atoms with E-state index in [1.807, 2.05) is 31.2 Å². The molecule has 1 aromatic carbocycles. The number of hydrogen-bond acceptors (Lipinski definition) is 3. The van der Waals surface area contributed by atoms with Gasteiger partial charge in [-0.05, 0) is 60.3 Å². The van der Waals surface area contributed by atoms with E-state index in [2.05, 4.69) is 27.9 Å². The molecule has 1 atom stereocenters. The topological polar surface area (TPSA) is 41.5 Å². The van der Waals surface area contributed by atoms with Crippen molar-refractivity contribution < 1.29 is 9.84 Å². The molecule has 0 radical (unpaired) electrons. The van der Waals surface area contributed by atoms with Gasteiger partial charge in [0.25, 0.3) is 0 Å². The van der Waals surface area contributed by atoms with E-state index in [1.165, 1.54) is 3.57 Å². The molecule has 0 saturated heterocycles. The zero-order valence-corrected chi connectivity index (χ0v) is 11.8. The highest BCUT2D eigenvalue weighted by atomic mass is 127. The highest BCUT2D eigenvalue weighted by Crippen LogP contribution is 2.15. The molecule has 0 aliphatic rings. The molecule has 0 aromatic heterocycles. The largest absolute Gasteiger partial charge is 0.491 e. The van der Waals surface area contributed by atoms with E-state index in [0.29, 0.717) is 13.2 Å². The molecule has 16 heavy (non-hydrogen) atoms. The molecule has 4 heteroatoms. The molecule has 1 unspecified atom stereocenters. The van der Waals surface area contributed by atoms with Gasteiger partial charge in [0.2, 0.25) is 0 Å². The number of hydrogen-bond donors (Lipinski definition) is 2. The van der Waals surface area contributed by atoms with Crippen molar-refractivity contribution in [3.05, 3.63) is 27.8 Å². The average Bonchev–Trinajstić information content (AvgIpc) is 2.26. The van der Waals surface area contributed by atoms with Crippen LogP contribution in [0.25, 0.3) is 0 Å².